The molecule has 1 N–H and O–H groups in total. The van der Waals surface area contributed by atoms with Gasteiger partial charge >= 0.3 is 6.09 Å². The van der Waals surface area contributed by atoms with Crippen molar-refractivity contribution in [2.75, 3.05) is 26.7 Å². The lowest BCUT2D eigenvalue weighted by Gasteiger charge is -2.24. The summed E-state index contributed by atoms with van der Waals surface area (Å²) >= 11 is 0. The van der Waals surface area contributed by atoms with Crippen LogP contribution in [0.3, 0.4) is 0 Å². The normalized spacial score (nSPS) is 15.4. The Balaban J connectivity index is 1.17. The molecule has 0 unspecified atom stereocenters. The number of hydrogen-bond acceptors (Lipinski definition) is 7. The average molecular weight is 466 g/mol. The van der Waals surface area contributed by atoms with E-state index in [0.717, 1.165) is 34.0 Å². The molecule has 0 radical (unpaired) electrons. The third-order valence-electron chi connectivity index (χ3n) is 6.42. The molecular weight excluding hydrogens is 438 g/mol. The number of methoxy groups -OCH3 is 1. The quantitative estimate of drug-likeness (QED) is 0.623. The van der Waals surface area contributed by atoms with Crippen LogP contribution in [-0.4, -0.2) is 73.7 Å². The molecule has 178 valence electrons. The van der Waals surface area contributed by atoms with Crippen LogP contribution in [0, 0.1) is 6.92 Å². The molecule has 11 heteroatoms. The summed E-state index contributed by atoms with van der Waals surface area (Å²) in [6.45, 7) is 4.68. The summed E-state index contributed by atoms with van der Waals surface area (Å²) in [5.74, 6) is 0.663. The zero-order valence-corrected chi connectivity index (χ0v) is 19.3. The smallest absolute Gasteiger partial charge is 0.410 e. The van der Waals surface area contributed by atoms with Gasteiger partial charge in [-0.1, -0.05) is 11.3 Å². The maximum absolute atomic E-state index is 13.0. The minimum Gasteiger partial charge on any atom is -0.497 e. The van der Waals surface area contributed by atoms with E-state index in [-0.39, 0.29) is 18.6 Å². The first kappa shape index (κ1) is 21.9. The fourth-order valence-corrected chi connectivity index (χ4v) is 4.34. The van der Waals surface area contributed by atoms with E-state index >= 15 is 0 Å². The van der Waals surface area contributed by atoms with Crippen molar-refractivity contribution < 1.29 is 19.1 Å². The Hall–Kier alpha value is -3.89. The van der Waals surface area contributed by atoms with Gasteiger partial charge in [0.1, 0.15) is 18.1 Å². The fourth-order valence-electron chi connectivity index (χ4n) is 4.34. The summed E-state index contributed by atoms with van der Waals surface area (Å²) in [4.78, 5) is 29.1. The van der Waals surface area contributed by atoms with Crippen LogP contribution in [0.2, 0.25) is 0 Å². The topological polar surface area (TPSA) is 118 Å². The van der Waals surface area contributed by atoms with Gasteiger partial charge in [-0.2, -0.15) is 5.10 Å². The highest BCUT2D eigenvalue weighted by atomic mass is 16.6. The lowest BCUT2D eigenvalue weighted by atomic mass is 10.1. The van der Waals surface area contributed by atoms with Crippen molar-refractivity contribution in [2.24, 2.45) is 0 Å². The lowest BCUT2D eigenvalue weighted by Crippen LogP contribution is -2.36. The summed E-state index contributed by atoms with van der Waals surface area (Å²) < 4.78 is 12.6. The predicted octanol–water partition coefficient (Wildman–Crippen LogP) is 1.71. The van der Waals surface area contributed by atoms with Crippen LogP contribution < -0.4 is 4.74 Å². The number of carbonyl (C=O) groups excluding carboxylic acids is 2. The number of rotatable bonds is 4. The van der Waals surface area contributed by atoms with Crippen LogP contribution in [0.15, 0.2) is 24.3 Å². The summed E-state index contributed by atoms with van der Waals surface area (Å²) in [5.41, 5.74) is 5.10. The molecular formula is C23H27N7O4. The number of aryl methyl sites for hydroxylation is 1. The number of amides is 2. The first-order valence-corrected chi connectivity index (χ1v) is 11.3. The van der Waals surface area contributed by atoms with Crippen LogP contribution >= 0.6 is 0 Å². The first-order valence-electron chi connectivity index (χ1n) is 11.3. The van der Waals surface area contributed by atoms with Gasteiger partial charge in [-0.15, -0.1) is 5.10 Å². The molecule has 0 aliphatic carbocycles. The number of fused-ring (bicyclic) bond motifs is 2. The van der Waals surface area contributed by atoms with Crippen LogP contribution in [0.5, 0.6) is 5.75 Å². The Morgan fingerprint density at radius 2 is 1.94 bits per heavy atom. The molecule has 2 amide bonds. The molecule has 0 saturated heterocycles. The second-order valence-corrected chi connectivity index (χ2v) is 8.54. The monoisotopic (exact) mass is 465 g/mol. The van der Waals surface area contributed by atoms with E-state index in [1.807, 2.05) is 35.9 Å². The van der Waals surface area contributed by atoms with Gasteiger partial charge in [-0.3, -0.25) is 14.6 Å². The molecule has 34 heavy (non-hydrogen) atoms. The van der Waals surface area contributed by atoms with Crippen molar-refractivity contribution in [2.45, 2.75) is 39.5 Å². The van der Waals surface area contributed by atoms with Gasteiger partial charge in [0, 0.05) is 38.2 Å². The SMILES string of the molecule is COc1ccc(COC(=O)N2CCc3cc(C(=O)N4CCc5[nH]nnc5C4)nn3CC2)c(C)c1. The van der Waals surface area contributed by atoms with Crippen molar-refractivity contribution in [3.05, 3.63) is 58.2 Å². The molecule has 2 aromatic heterocycles. The van der Waals surface area contributed by atoms with Crippen molar-refractivity contribution >= 4 is 12.0 Å². The molecule has 2 aliphatic heterocycles. The Labute approximate surface area is 196 Å². The van der Waals surface area contributed by atoms with Crippen molar-refractivity contribution in [3.63, 3.8) is 0 Å². The van der Waals surface area contributed by atoms with Gasteiger partial charge in [-0.25, -0.2) is 4.79 Å². The van der Waals surface area contributed by atoms with E-state index < -0.39 is 0 Å². The second kappa shape index (κ2) is 9.16. The van der Waals surface area contributed by atoms with Crippen LogP contribution in [0.1, 0.15) is 38.7 Å². The number of nitrogens with one attached hydrogen (secondary N) is 1. The first-order chi connectivity index (χ1) is 16.5. The van der Waals surface area contributed by atoms with Gasteiger partial charge in [0.05, 0.1) is 25.9 Å². The standard InChI is InChI=1S/C23H27N7O4/c1-15-11-18(33-2)4-3-16(15)14-34-23(32)28-7-5-17-12-20(26-30(17)10-9-28)22(31)29-8-6-19-21(13-29)25-27-24-19/h3-4,11-12H,5-10,13-14H2,1-2H3,(H,24,25,27). The zero-order valence-electron chi connectivity index (χ0n) is 19.3. The largest absolute Gasteiger partial charge is 0.497 e. The Morgan fingerprint density at radius 3 is 2.76 bits per heavy atom. The van der Waals surface area contributed by atoms with Crippen molar-refractivity contribution in [1.82, 2.24) is 35.0 Å². The summed E-state index contributed by atoms with van der Waals surface area (Å²) in [7, 11) is 1.62. The number of ether oxygens (including phenoxy) is 2. The summed E-state index contributed by atoms with van der Waals surface area (Å²) in [6.07, 6.45) is 0.952. The molecule has 0 fully saturated rings. The highest BCUT2D eigenvalue weighted by Crippen LogP contribution is 2.20. The number of carbonyl (C=O) groups is 2. The predicted molar refractivity (Wildman–Crippen MR) is 120 cm³/mol. The maximum atomic E-state index is 13.0. The van der Waals surface area contributed by atoms with E-state index in [9.17, 15) is 9.59 Å². The van der Waals surface area contributed by atoms with Gasteiger partial charge in [-0.05, 0) is 36.2 Å². The van der Waals surface area contributed by atoms with Crippen molar-refractivity contribution in [1.29, 1.82) is 0 Å². The lowest BCUT2D eigenvalue weighted by molar-refractivity contribution is 0.0723. The molecule has 0 atom stereocenters. The molecule has 5 rings (SSSR count). The minimum absolute atomic E-state index is 0.111. The molecule has 0 bridgehead atoms. The van der Waals surface area contributed by atoms with Crippen LogP contribution in [-0.2, 0) is 37.3 Å². The maximum Gasteiger partial charge on any atom is 0.410 e. The molecule has 0 spiro atoms. The van der Waals surface area contributed by atoms with Gasteiger partial charge in [0.2, 0.25) is 0 Å². The van der Waals surface area contributed by atoms with E-state index in [1.165, 1.54) is 0 Å². The number of benzene rings is 1. The molecule has 11 nitrogen and oxygen atoms in total. The number of H-pyrrole nitrogens is 1. The van der Waals surface area contributed by atoms with E-state index in [4.69, 9.17) is 9.47 Å². The Morgan fingerprint density at radius 1 is 1.09 bits per heavy atom. The highest BCUT2D eigenvalue weighted by Gasteiger charge is 2.28. The number of aromatic amines is 1. The molecule has 3 aromatic rings. The summed E-state index contributed by atoms with van der Waals surface area (Å²) in [5, 5.41) is 15.3. The highest BCUT2D eigenvalue weighted by molar-refractivity contribution is 5.92. The van der Waals surface area contributed by atoms with Crippen LogP contribution in [0.4, 0.5) is 4.79 Å². The minimum atomic E-state index is -0.353. The van der Waals surface area contributed by atoms with Crippen molar-refractivity contribution in [3.8, 4) is 5.75 Å². The molecule has 1 aromatic carbocycles. The van der Waals surface area contributed by atoms with Gasteiger partial charge < -0.3 is 19.3 Å². The van der Waals surface area contributed by atoms with Gasteiger partial charge in [0.25, 0.3) is 5.91 Å². The van der Waals surface area contributed by atoms with Crippen LogP contribution in [0.25, 0.3) is 0 Å². The molecule has 2 aliphatic rings. The number of aromatic nitrogens is 5. The third-order valence-corrected chi connectivity index (χ3v) is 6.42. The molecule has 4 heterocycles. The summed E-state index contributed by atoms with van der Waals surface area (Å²) in [6, 6.07) is 7.51. The third kappa shape index (κ3) is 4.33. The van der Waals surface area contributed by atoms with E-state index in [0.29, 0.717) is 51.3 Å². The van der Waals surface area contributed by atoms with E-state index in [1.54, 1.807) is 16.9 Å². The Kier molecular flexibility index (Phi) is 5.91. The number of nitrogens with zero attached hydrogens (tertiary/aromatic N) is 6. The molecule has 0 saturated carbocycles. The van der Waals surface area contributed by atoms with E-state index in [2.05, 4.69) is 20.5 Å². The average Bonchev–Trinajstić information content (AvgIpc) is 3.44. The number of hydrogen-bond donors (Lipinski definition) is 1. The Bertz CT molecular complexity index is 1190. The van der Waals surface area contributed by atoms with Gasteiger partial charge in [0.15, 0.2) is 5.69 Å². The zero-order chi connectivity index (χ0) is 23.7. The second-order valence-electron chi connectivity index (χ2n) is 8.54. The fraction of sp³-hybridized carbons (Fsp3) is 0.435.